The SMILES string of the molecule is [CH2]CCCCCNC(=O)CCCCCCCC[C]=O. The van der Waals surface area contributed by atoms with Gasteiger partial charge in [0.2, 0.25) is 5.91 Å². The summed E-state index contributed by atoms with van der Waals surface area (Å²) < 4.78 is 0. The Labute approximate surface area is 118 Å². The van der Waals surface area contributed by atoms with Gasteiger partial charge in [-0.25, -0.2) is 0 Å². The van der Waals surface area contributed by atoms with Crippen molar-refractivity contribution in [1.29, 1.82) is 0 Å². The van der Waals surface area contributed by atoms with Gasteiger partial charge in [0.1, 0.15) is 0 Å². The van der Waals surface area contributed by atoms with Gasteiger partial charge in [0, 0.05) is 19.4 Å². The number of nitrogens with one attached hydrogen (secondary N) is 1. The average Bonchev–Trinajstić information content (AvgIpc) is 2.41. The third-order valence-electron chi connectivity index (χ3n) is 3.18. The van der Waals surface area contributed by atoms with Crippen molar-refractivity contribution in [2.24, 2.45) is 0 Å². The lowest BCUT2D eigenvalue weighted by molar-refractivity contribution is -0.121. The molecular formula is C16H29NO2. The molecule has 0 saturated carbocycles. The maximum Gasteiger partial charge on any atom is 0.219 e. The van der Waals surface area contributed by atoms with Crippen molar-refractivity contribution in [3.05, 3.63) is 6.92 Å². The van der Waals surface area contributed by atoms with Crippen molar-refractivity contribution in [3.63, 3.8) is 0 Å². The first-order valence-corrected chi connectivity index (χ1v) is 7.72. The Morgan fingerprint density at radius 1 is 0.895 bits per heavy atom. The molecule has 0 rings (SSSR count). The number of amides is 1. The van der Waals surface area contributed by atoms with Gasteiger partial charge in [-0.3, -0.25) is 9.59 Å². The van der Waals surface area contributed by atoms with Crippen LogP contribution in [0.1, 0.15) is 77.0 Å². The van der Waals surface area contributed by atoms with E-state index in [0.717, 1.165) is 70.8 Å². The molecule has 0 aliphatic rings. The van der Waals surface area contributed by atoms with Crippen molar-refractivity contribution in [2.75, 3.05) is 6.54 Å². The highest BCUT2D eigenvalue weighted by molar-refractivity contribution is 5.75. The maximum atomic E-state index is 11.5. The maximum absolute atomic E-state index is 11.5. The van der Waals surface area contributed by atoms with Crippen LogP contribution in [0, 0.1) is 6.92 Å². The van der Waals surface area contributed by atoms with Gasteiger partial charge in [0.15, 0.2) is 6.29 Å². The average molecular weight is 267 g/mol. The number of rotatable bonds is 14. The molecule has 0 bridgehead atoms. The summed E-state index contributed by atoms with van der Waals surface area (Å²) in [4.78, 5) is 21.5. The predicted octanol–water partition coefficient (Wildman–Crippen LogP) is 3.73. The molecular weight excluding hydrogens is 238 g/mol. The van der Waals surface area contributed by atoms with Gasteiger partial charge < -0.3 is 5.32 Å². The summed E-state index contributed by atoms with van der Waals surface area (Å²) in [6.07, 6.45) is 14.0. The Morgan fingerprint density at radius 2 is 1.53 bits per heavy atom. The van der Waals surface area contributed by atoms with Gasteiger partial charge in [-0.05, 0) is 19.3 Å². The molecule has 0 aromatic rings. The van der Waals surface area contributed by atoms with Crippen LogP contribution in [-0.2, 0) is 9.59 Å². The predicted molar refractivity (Wildman–Crippen MR) is 79.5 cm³/mol. The third-order valence-corrected chi connectivity index (χ3v) is 3.18. The van der Waals surface area contributed by atoms with E-state index in [-0.39, 0.29) is 5.91 Å². The van der Waals surface area contributed by atoms with Gasteiger partial charge >= 0.3 is 0 Å². The Bertz CT molecular complexity index is 217. The van der Waals surface area contributed by atoms with E-state index >= 15 is 0 Å². The van der Waals surface area contributed by atoms with Gasteiger partial charge in [0.25, 0.3) is 0 Å². The summed E-state index contributed by atoms with van der Waals surface area (Å²) in [5, 5.41) is 2.96. The molecule has 1 N–H and O–H groups in total. The Kier molecular flexibility index (Phi) is 14.5. The first-order valence-electron chi connectivity index (χ1n) is 7.72. The summed E-state index contributed by atoms with van der Waals surface area (Å²) in [5.41, 5.74) is 0. The fourth-order valence-electron chi connectivity index (χ4n) is 1.98. The van der Waals surface area contributed by atoms with E-state index in [0.29, 0.717) is 12.8 Å². The number of hydrogen-bond donors (Lipinski definition) is 1. The zero-order valence-corrected chi connectivity index (χ0v) is 12.2. The summed E-state index contributed by atoms with van der Waals surface area (Å²) in [5.74, 6) is 0.185. The van der Waals surface area contributed by atoms with E-state index in [1.165, 1.54) is 0 Å². The molecule has 19 heavy (non-hydrogen) atoms. The van der Waals surface area contributed by atoms with Crippen LogP contribution < -0.4 is 5.32 Å². The van der Waals surface area contributed by atoms with Crippen LogP contribution >= 0.6 is 0 Å². The first kappa shape index (κ1) is 18.1. The number of unbranched alkanes of at least 4 members (excludes halogenated alkanes) is 9. The summed E-state index contributed by atoms with van der Waals surface area (Å²) in [6.45, 7) is 4.60. The second-order valence-electron chi connectivity index (χ2n) is 5.03. The van der Waals surface area contributed by atoms with Crippen LogP contribution in [0.5, 0.6) is 0 Å². The molecule has 0 spiro atoms. The van der Waals surface area contributed by atoms with Gasteiger partial charge in [0.05, 0.1) is 0 Å². The fourth-order valence-corrected chi connectivity index (χ4v) is 1.98. The van der Waals surface area contributed by atoms with E-state index in [1.54, 1.807) is 0 Å². The molecule has 0 fully saturated rings. The highest BCUT2D eigenvalue weighted by Gasteiger charge is 2.00. The van der Waals surface area contributed by atoms with Crippen LogP contribution in [0.4, 0.5) is 0 Å². The molecule has 3 heteroatoms. The second kappa shape index (κ2) is 15.2. The molecule has 3 nitrogen and oxygen atoms in total. The van der Waals surface area contributed by atoms with Gasteiger partial charge in [-0.15, -0.1) is 0 Å². The van der Waals surface area contributed by atoms with E-state index in [2.05, 4.69) is 12.2 Å². The highest BCUT2D eigenvalue weighted by Crippen LogP contribution is 2.08. The quantitative estimate of drug-likeness (QED) is 0.487. The largest absolute Gasteiger partial charge is 0.356 e. The lowest BCUT2D eigenvalue weighted by Crippen LogP contribution is -2.23. The number of carbonyl (C=O) groups excluding carboxylic acids is 2. The van der Waals surface area contributed by atoms with Crippen LogP contribution in [0.2, 0.25) is 0 Å². The molecule has 0 aromatic heterocycles. The minimum Gasteiger partial charge on any atom is -0.356 e. The smallest absolute Gasteiger partial charge is 0.219 e. The first-order chi connectivity index (χ1) is 9.31. The zero-order chi connectivity index (χ0) is 14.2. The molecule has 0 saturated heterocycles. The summed E-state index contributed by atoms with van der Waals surface area (Å²) in [7, 11) is 0. The van der Waals surface area contributed by atoms with E-state index in [1.807, 2.05) is 6.29 Å². The van der Waals surface area contributed by atoms with Crippen molar-refractivity contribution in [1.82, 2.24) is 5.32 Å². The van der Waals surface area contributed by atoms with E-state index < -0.39 is 0 Å². The lowest BCUT2D eigenvalue weighted by Gasteiger charge is -2.05. The third kappa shape index (κ3) is 15.1. The molecule has 0 atom stereocenters. The molecule has 0 heterocycles. The topological polar surface area (TPSA) is 46.2 Å². The van der Waals surface area contributed by atoms with Gasteiger partial charge in [-0.2, -0.15) is 0 Å². The zero-order valence-electron chi connectivity index (χ0n) is 12.2. The minimum atomic E-state index is 0.185. The van der Waals surface area contributed by atoms with Crippen molar-refractivity contribution >= 4 is 12.2 Å². The lowest BCUT2D eigenvalue weighted by atomic mass is 10.1. The number of carbonyl (C=O) groups is 1. The Morgan fingerprint density at radius 3 is 2.21 bits per heavy atom. The molecule has 0 aliphatic heterocycles. The molecule has 2 radical (unpaired) electrons. The Balaban J connectivity index is 3.13. The standard InChI is InChI=1S/C16H29NO2/c1-2-3-4-11-14-17-16(19)13-10-8-6-5-7-9-12-15-18/h1-14H2,(H,17,19). The van der Waals surface area contributed by atoms with Crippen molar-refractivity contribution in [3.8, 4) is 0 Å². The fraction of sp³-hybridized carbons (Fsp3) is 0.812. The molecule has 110 valence electrons. The van der Waals surface area contributed by atoms with Crippen LogP contribution in [0.15, 0.2) is 0 Å². The van der Waals surface area contributed by atoms with Crippen LogP contribution in [0.25, 0.3) is 0 Å². The molecule has 0 aliphatic carbocycles. The minimum absolute atomic E-state index is 0.185. The second-order valence-corrected chi connectivity index (χ2v) is 5.03. The summed E-state index contributed by atoms with van der Waals surface area (Å²) in [6, 6.07) is 0. The van der Waals surface area contributed by atoms with E-state index in [9.17, 15) is 9.59 Å². The summed E-state index contributed by atoms with van der Waals surface area (Å²) >= 11 is 0. The van der Waals surface area contributed by atoms with Crippen molar-refractivity contribution < 1.29 is 9.59 Å². The monoisotopic (exact) mass is 267 g/mol. The molecule has 0 aromatic carbocycles. The van der Waals surface area contributed by atoms with Gasteiger partial charge in [-0.1, -0.05) is 51.9 Å². The van der Waals surface area contributed by atoms with Crippen LogP contribution in [0.3, 0.4) is 0 Å². The molecule has 0 unspecified atom stereocenters. The normalized spacial score (nSPS) is 10.4. The highest BCUT2D eigenvalue weighted by atomic mass is 16.1. The number of hydrogen-bond acceptors (Lipinski definition) is 2. The van der Waals surface area contributed by atoms with Crippen LogP contribution in [-0.4, -0.2) is 18.7 Å². The van der Waals surface area contributed by atoms with Crippen molar-refractivity contribution in [2.45, 2.75) is 77.0 Å². The molecule has 1 amide bonds. The Hall–Kier alpha value is -0.860. The van der Waals surface area contributed by atoms with E-state index in [4.69, 9.17) is 0 Å².